The number of carbonyl (C=O) groups is 1. The lowest BCUT2D eigenvalue weighted by atomic mass is 9.97. The van der Waals surface area contributed by atoms with Gasteiger partial charge >= 0.3 is 5.97 Å². The number of benzene rings is 2. The zero-order chi connectivity index (χ0) is 20.3. The van der Waals surface area contributed by atoms with Crippen molar-refractivity contribution in [3.63, 3.8) is 0 Å². The number of nitrogens with zero attached hydrogens (tertiary/aromatic N) is 1. The van der Waals surface area contributed by atoms with Crippen molar-refractivity contribution in [3.05, 3.63) is 76.3 Å². The zero-order valence-electron chi connectivity index (χ0n) is 16.1. The Balaban J connectivity index is 2.41. The molecule has 0 atom stereocenters. The van der Waals surface area contributed by atoms with Gasteiger partial charge in [0.2, 0.25) is 0 Å². The first-order valence-electron chi connectivity index (χ1n) is 9.22. The van der Waals surface area contributed by atoms with Crippen molar-refractivity contribution >= 4 is 22.8 Å². The fourth-order valence-electron chi connectivity index (χ4n) is 3.30. The number of rotatable bonds is 5. The van der Waals surface area contributed by atoms with Gasteiger partial charge in [-0.1, -0.05) is 18.2 Å². The molecule has 0 saturated carbocycles. The normalized spacial score (nSPS) is 11.5. The molecular formula is C23H22FNO3. The summed E-state index contributed by atoms with van der Waals surface area (Å²) in [5.74, 6) is -0.814. The lowest BCUT2D eigenvalue weighted by Gasteiger charge is -2.21. The monoisotopic (exact) mass is 379 g/mol. The van der Waals surface area contributed by atoms with Crippen molar-refractivity contribution in [2.45, 2.75) is 26.8 Å². The van der Waals surface area contributed by atoms with Gasteiger partial charge in [0.15, 0.2) is 0 Å². The Bertz CT molecular complexity index is 1100. The van der Waals surface area contributed by atoms with Crippen molar-refractivity contribution in [2.75, 3.05) is 6.61 Å². The standard InChI is InChI=1S/C23H22FNO3/c1-4-28-21(26)14-13-19-18-7-5-6-8-20(18)23(27)25(15(2)3)22(19)16-9-11-17(24)12-10-16/h5-15H,4H2,1-3H3/b14-13+. The average molecular weight is 379 g/mol. The minimum absolute atomic E-state index is 0.127. The topological polar surface area (TPSA) is 48.3 Å². The molecule has 0 aliphatic heterocycles. The van der Waals surface area contributed by atoms with Gasteiger partial charge in [0.25, 0.3) is 5.56 Å². The van der Waals surface area contributed by atoms with Gasteiger partial charge in [0.1, 0.15) is 5.82 Å². The first-order valence-corrected chi connectivity index (χ1v) is 9.22. The smallest absolute Gasteiger partial charge is 0.330 e. The van der Waals surface area contributed by atoms with Crippen LogP contribution in [0, 0.1) is 5.82 Å². The number of fused-ring (bicyclic) bond motifs is 1. The minimum atomic E-state index is -0.459. The SMILES string of the molecule is CCOC(=O)/C=C/c1c(-c2ccc(F)cc2)n(C(C)C)c(=O)c2ccccc12. The van der Waals surface area contributed by atoms with Crippen LogP contribution in [0.1, 0.15) is 32.4 Å². The van der Waals surface area contributed by atoms with Crippen molar-refractivity contribution in [1.29, 1.82) is 0 Å². The Labute approximate surface area is 162 Å². The molecule has 0 N–H and O–H groups in total. The molecule has 0 bridgehead atoms. The van der Waals surface area contributed by atoms with Gasteiger partial charge in [-0.3, -0.25) is 4.79 Å². The molecule has 0 spiro atoms. The van der Waals surface area contributed by atoms with Gasteiger partial charge in [-0.2, -0.15) is 0 Å². The van der Waals surface area contributed by atoms with Crippen LogP contribution >= 0.6 is 0 Å². The van der Waals surface area contributed by atoms with E-state index in [1.165, 1.54) is 18.2 Å². The molecular weight excluding hydrogens is 357 g/mol. The molecule has 1 heterocycles. The van der Waals surface area contributed by atoms with Crippen LogP contribution in [-0.4, -0.2) is 17.1 Å². The van der Waals surface area contributed by atoms with E-state index in [9.17, 15) is 14.0 Å². The van der Waals surface area contributed by atoms with Crippen LogP contribution in [0.3, 0.4) is 0 Å². The van der Waals surface area contributed by atoms with Crippen molar-refractivity contribution < 1.29 is 13.9 Å². The second-order valence-electron chi connectivity index (χ2n) is 6.67. The number of aromatic nitrogens is 1. The molecule has 4 nitrogen and oxygen atoms in total. The Morgan fingerprint density at radius 2 is 1.75 bits per heavy atom. The fourth-order valence-corrected chi connectivity index (χ4v) is 3.30. The van der Waals surface area contributed by atoms with E-state index in [-0.39, 0.29) is 24.0 Å². The summed E-state index contributed by atoms with van der Waals surface area (Å²) in [5.41, 5.74) is 1.92. The molecule has 1 aromatic heterocycles. The molecule has 2 aromatic carbocycles. The van der Waals surface area contributed by atoms with E-state index in [0.29, 0.717) is 22.2 Å². The molecule has 0 radical (unpaired) electrons. The van der Waals surface area contributed by atoms with E-state index >= 15 is 0 Å². The molecule has 3 aromatic rings. The molecule has 5 heteroatoms. The fraction of sp³-hybridized carbons (Fsp3) is 0.217. The first kappa shape index (κ1) is 19.5. The summed E-state index contributed by atoms with van der Waals surface area (Å²) >= 11 is 0. The second kappa shape index (κ2) is 8.21. The number of esters is 1. The van der Waals surface area contributed by atoms with E-state index in [2.05, 4.69) is 0 Å². The highest BCUT2D eigenvalue weighted by Gasteiger charge is 2.18. The quantitative estimate of drug-likeness (QED) is 0.465. The highest BCUT2D eigenvalue weighted by Crippen LogP contribution is 2.31. The van der Waals surface area contributed by atoms with Crippen LogP contribution in [0.2, 0.25) is 0 Å². The van der Waals surface area contributed by atoms with E-state index in [4.69, 9.17) is 4.74 Å². The lowest BCUT2D eigenvalue weighted by molar-refractivity contribution is -0.137. The highest BCUT2D eigenvalue weighted by atomic mass is 19.1. The summed E-state index contributed by atoms with van der Waals surface area (Å²) in [7, 11) is 0. The van der Waals surface area contributed by atoms with Gasteiger partial charge in [0, 0.05) is 23.1 Å². The van der Waals surface area contributed by atoms with Crippen LogP contribution in [-0.2, 0) is 9.53 Å². The van der Waals surface area contributed by atoms with Crippen LogP contribution in [0.15, 0.2) is 59.4 Å². The number of hydrogen-bond donors (Lipinski definition) is 0. The third-order valence-corrected chi connectivity index (χ3v) is 4.47. The summed E-state index contributed by atoms with van der Waals surface area (Å²) in [5, 5.41) is 1.29. The van der Waals surface area contributed by atoms with Crippen molar-refractivity contribution in [1.82, 2.24) is 4.57 Å². The summed E-state index contributed by atoms with van der Waals surface area (Å²) in [4.78, 5) is 25.1. The Morgan fingerprint density at radius 3 is 2.36 bits per heavy atom. The molecule has 3 rings (SSSR count). The summed E-state index contributed by atoms with van der Waals surface area (Å²) in [6.45, 7) is 5.86. The van der Waals surface area contributed by atoms with E-state index in [1.54, 1.807) is 35.8 Å². The summed E-state index contributed by atoms with van der Waals surface area (Å²) in [6, 6.07) is 13.1. The largest absolute Gasteiger partial charge is 0.463 e. The van der Waals surface area contributed by atoms with Crippen molar-refractivity contribution in [3.8, 4) is 11.3 Å². The summed E-state index contributed by atoms with van der Waals surface area (Å²) in [6.07, 6.45) is 3.02. The molecule has 28 heavy (non-hydrogen) atoms. The second-order valence-corrected chi connectivity index (χ2v) is 6.67. The van der Waals surface area contributed by atoms with Gasteiger partial charge in [-0.05, 0) is 68.1 Å². The predicted octanol–water partition coefficient (Wildman–Crippen LogP) is 4.96. The lowest BCUT2D eigenvalue weighted by Crippen LogP contribution is -2.25. The van der Waals surface area contributed by atoms with Gasteiger partial charge < -0.3 is 9.30 Å². The van der Waals surface area contributed by atoms with E-state index < -0.39 is 5.97 Å². The number of carbonyl (C=O) groups excluding carboxylic acids is 1. The number of hydrogen-bond acceptors (Lipinski definition) is 3. The number of halogens is 1. The predicted molar refractivity (Wildman–Crippen MR) is 110 cm³/mol. The zero-order valence-corrected chi connectivity index (χ0v) is 16.1. The van der Waals surface area contributed by atoms with Gasteiger partial charge in [0.05, 0.1) is 12.3 Å². The van der Waals surface area contributed by atoms with Crippen LogP contribution in [0.4, 0.5) is 4.39 Å². The number of ether oxygens (including phenoxy) is 1. The summed E-state index contributed by atoms with van der Waals surface area (Å²) < 4.78 is 20.2. The molecule has 0 fully saturated rings. The molecule has 0 saturated heterocycles. The first-order chi connectivity index (χ1) is 13.4. The third kappa shape index (κ3) is 3.74. The maximum Gasteiger partial charge on any atom is 0.330 e. The third-order valence-electron chi connectivity index (χ3n) is 4.47. The van der Waals surface area contributed by atoms with Gasteiger partial charge in [-0.15, -0.1) is 0 Å². The van der Waals surface area contributed by atoms with Crippen LogP contribution in [0.5, 0.6) is 0 Å². The number of pyridine rings is 1. The highest BCUT2D eigenvalue weighted by molar-refractivity contribution is 5.98. The molecule has 0 aliphatic carbocycles. The molecule has 0 amide bonds. The van der Waals surface area contributed by atoms with E-state index in [0.717, 1.165) is 5.39 Å². The molecule has 0 unspecified atom stereocenters. The maximum atomic E-state index is 13.5. The molecule has 144 valence electrons. The Hall–Kier alpha value is -3.21. The Kier molecular flexibility index (Phi) is 5.73. The maximum absolute atomic E-state index is 13.5. The average Bonchev–Trinajstić information content (AvgIpc) is 2.67. The van der Waals surface area contributed by atoms with Crippen LogP contribution in [0.25, 0.3) is 28.1 Å². The van der Waals surface area contributed by atoms with Gasteiger partial charge in [-0.25, -0.2) is 9.18 Å². The van der Waals surface area contributed by atoms with E-state index in [1.807, 2.05) is 32.0 Å². The minimum Gasteiger partial charge on any atom is -0.463 e. The molecule has 0 aliphatic rings. The van der Waals surface area contributed by atoms with Crippen molar-refractivity contribution in [2.24, 2.45) is 0 Å². The Morgan fingerprint density at radius 1 is 1.11 bits per heavy atom. The van der Waals surface area contributed by atoms with Crippen LogP contribution < -0.4 is 5.56 Å².